The fraction of sp³-hybridized carbons (Fsp3) is 0.481. The first-order chi connectivity index (χ1) is 14.5. The Morgan fingerprint density at radius 3 is 2.68 bits per heavy atom. The molecule has 0 saturated heterocycles. The quantitative estimate of drug-likeness (QED) is 0.410. The molecule has 1 radical (unpaired) electrons. The Balaban J connectivity index is 0.00000341. The smallest absolute Gasteiger partial charge is 0.306 e. The van der Waals surface area contributed by atoms with E-state index in [4.69, 9.17) is 4.74 Å². The van der Waals surface area contributed by atoms with Crippen molar-refractivity contribution in [2.75, 3.05) is 0 Å². The molecule has 1 unspecified atom stereocenters. The van der Waals surface area contributed by atoms with Crippen molar-refractivity contribution in [1.29, 1.82) is 0 Å². The number of hydrogen-bond donors (Lipinski definition) is 1. The van der Waals surface area contributed by atoms with Gasteiger partial charge < -0.3 is 16.3 Å². The van der Waals surface area contributed by atoms with Gasteiger partial charge in [-0.1, -0.05) is 49.6 Å². The molecule has 1 fully saturated rings. The zero-order valence-electron chi connectivity index (χ0n) is 19.0. The molecule has 1 aliphatic rings. The van der Waals surface area contributed by atoms with Gasteiger partial charge in [0.05, 0.1) is 12.0 Å². The summed E-state index contributed by atoms with van der Waals surface area (Å²) >= 11 is 0. The van der Waals surface area contributed by atoms with E-state index in [1.807, 2.05) is 12.1 Å². The van der Waals surface area contributed by atoms with Gasteiger partial charge in [-0.05, 0) is 44.6 Å². The minimum Gasteiger partial charge on any atom is -0.548 e. The van der Waals surface area contributed by atoms with Crippen LogP contribution in [0.2, 0.25) is 0 Å². The first kappa shape index (κ1) is 26.1. The molecule has 2 aromatic rings. The summed E-state index contributed by atoms with van der Waals surface area (Å²) in [5.74, 6) is 0.573. The van der Waals surface area contributed by atoms with Crippen LogP contribution in [0.3, 0.4) is 0 Å². The fourth-order valence-electron chi connectivity index (χ4n) is 4.74. The second-order valence-corrected chi connectivity index (χ2v) is 8.69. The summed E-state index contributed by atoms with van der Waals surface area (Å²) in [5.41, 5.74) is 3.66. The van der Waals surface area contributed by atoms with Gasteiger partial charge in [-0.15, -0.1) is 12.1 Å². The van der Waals surface area contributed by atoms with E-state index in [9.17, 15) is 9.90 Å². The van der Waals surface area contributed by atoms with Crippen molar-refractivity contribution in [2.24, 2.45) is 11.8 Å². The van der Waals surface area contributed by atoms with Crippen LogP contribution in [0.1, 0.15) is 68.6 Å². The van der Waals surface area contributed by atoms with Gasteiger partial charge in [0.2, 0.25) is 0 Å². The number of benzene rings is 2. The van der Waals surface area contributed by atoms with E-state index < -0.39 is 5.97 Å². The average Bonchev–Trinajstić information content (AvgIpc) is 2.74. The summed E-state index contributed by atoms with van der Waals surface area (Å²) in [4.78, 5) is 11.5. The average molecular weight is 495 g/mol. The Kier molecular flexibility index (Phi) is 10.7. The molecular formula is C27H34O3Y-2. The van der Waals surface area contributed by atoms with Gasteiger partial charge in [0.15, 0.2) is 0 Å². The van der Waals surface area contributed by atoms with Crippen LogP contribution in [0.5, 0.6) is 5.75 Å². The second-order valence-electron chi connectivity index (χ2n) is 8.69. The van der Waals surface area contributed by atoms with Crippen LogP contribution in [-0.4, -0.2) is 17.2 Å². The van der Waals surface area contributed by atoms with Crippen LogP contribution >= 0.6 is 0 Å². The Morgan fingerprint density at radius 1 is 1.29 bits per heavy atom. The molecule has 4 atom stereocenters. The number of aliphatic carboxylic acids is 1. The number of ether oxygens (including phenoxy) is 1. The van der Waals surface area contributed by atoms with Gasteiger partial charge in [-0.3, -0.25) is 4.79 Å². The standard InChI is InChI=1S/C27H34O3.Y/c1-4-22-13-14-23(27(28)29)18-26(22)25-16-15-24(17-19(25)2)30-20(3)9-8-12-21-10-6-5-7-11-21;/h4-7,10-11,15,17,20,22-23,26H,8-9,12-14,18H2,1-3H3,(H,28,29);/q-2;/t20-,22+,23+,26?;/m0./s1. The Morgan fingerprint density at radius 2 is 2.03 bits per heavy atom. The van der Waals surface area contributed by atoms with Crippen molar-refractivity contribution in [3.8, 4) is 5.75 Å². The van der Waals surface area contributed by atoms with E-state index in [0.29, 0.717) is 12.3 Å². The zero-order chi connectivity index (χ0) is 21.5. The number of carboxylic acids is 1. The molecule has 0 spiro atoms. The fourth-order valence-corrected chi connectivity index (χ4v) is 4.74. The van der Waals surface area contributed by atoms with Crippen LogP contribution in [0, 0.1) is 31.2 Å². The molecule has 0 aliphatic heterocycles. The number of rotatable bonds is 9. The van der Waals surface area contributed by atoms with Gasteiger partial charge in [-0.25, -0.2) is 0 Å². The Bertz CT molecular complexity index is 820. The Labute approximate surface area is 212 Å². The van der Waals surface area contributed by atoms with Crippen LogP contribution in [0.4, 0.5) is 0 Å². The third-order valence-corrected chi connectivity index (χ3v) is 6.46. The van der Waals surface area contributed by atoms with Crippen molar-refractivity contribution in [1.82, 2.24) is 0 Å². The second kappa shape index (κ2) is 12.7. The number of aryl methyl sites for hydroxylation is 2. The van der Waals surface area contributed by atoms with Crippen LogP contribution in [0.25, 0.3) is 0 Å². The molecule has 1 N–H and O–H groups in total. The van der Waals surface area contributed by atoms with Crippen molar-refractivity contribution < 1.29 is 47.3 Å². The normalized spacial score (nSPS) is 21.7. The molecule has 31 heavy (non-hydrogen) atoms. The number of carboxylic acid groups (broad SMARTS) is 1. The molecule has 0 bridgehead atoms. The maximum absolute atomic E-state index is 11.5. The molecule has 3 rings (SSSR count). The van der Waals surface area contributed by atoms with Crippen molar-refractivity contribution in [2.45, 2.75) is 71.3 Å². The summed E-state index contributed by atoms with van der Waals surface area (Å²) in [5, 5.41) is 9.48. The van der Waals surface area contributed by atoms with Crippen LogP contribution in [-0.2, 0) is 43.9 Å². The monoisotopic (exact) mass is 495 g/mol. The third kappa shape index (κ3) is 7.43. The van der Waals surface area contributed by atoms with Crippen molar-refractivity contribution in [3.63, 3.8) is 0 Å². The van der Waals surface area contributed by atoms with Gasteiger partial charge >= 0.3 is 5.97 Å². The topological polar surface area (TPSA) is 46.5 Å². The minimum atomic E-state index is -0.670. The predicted octanol–water partition coefficient (Wildman–Crippen LogP) is 6.39. The van der Waals surface area contributed by atoms with Gasteiger partial charge in [0.1, 0.15) is 0 Å². The third-order valence-electron chi connectivity index (χ3n) is 6.46. The molecular weight excluding hydrogens is 461 g/mol. The summed E-state index contributed by atoms with van der Waals surface area (Å²) in [6.07, 6.45) is 7.94. The van der Waals surface area contributed by atoms with E-state index in [0.717, 1.165) is 49.0 Å². The van der Waals surface area contributed by atoms with Gasteiger partial charge in [0, 0.05) is 38.5 Å². The minimum absolute atomic E-state index is 0. The van der Waals surface area contributed by atoms with Crippen LogP contribution in [0.15, 0.2) is 42.5 Å². The summed E-state index contributed by atoms with van der Waals surface area (Å²) in [6, 6.07) is 18.0. The van der Waals surface area contributed by atoms with Crippen LogP contribution < -0.4 is 4.74 Å². The first-order valence-corrected chi connectivity index (χ1v) is 11.2. The molecule has 2 aromatic carbocycles. The Hall–Kier alpha value is -1.19. The summed E-state index contributed by atoms with van der Waals surface area (Å²) < 4.78 is 6.15. The van der Waals surface area contributed by atoms with E-state index >= 15 is 0 Å². The molecule has 1 aliphatic carbocycles. The number of hydrogen-bond acceptors (Lipinski definition) is 2. The predicted molar refractivity (Wildman–Crippen MR) is 121 cm³/mol. The zero-order valence-corrected chi connectivity index (χ0v) is 21.9. The van der Waals surface area contributed by atoms with E-state index in [1.54, 1.807) is 0 Å². The first-order valence-electron chi connectivity index (χ1n) is 11.2. The number of carbonyl (C=O) groups is 1. The molecule has 0 heterocycles. The molecule has 1 saturated carbocycles. The summed E-state index contributed by atoms with van der Waals surface area (Å²) in [7, 11) is 0. The largest absolute Gasteiger partial charge is 0.548 e. The maximum Gasteiger partial charge on any atom is 0.306 e. The molecule has 0 aromatic heterocycles. The molecule has 0 amide bonds. The van der Waals surface area contributed by atoms with E-state index in [-0.39, 0.29) is 50.6 Å². The van der Waals surface area contributed by atoms with Gasteiger partial charge in [-0.2, -0.15) is 30.0 Å². The van der Waals surface area contributed by atoms with Crippen molar-refractivity contribution >= 4 is 5.97 Å². The molecule has 3 nitrogen and oxygen atoms in total. The van der Waals surface area contributed by atoms with Gasteiger partial charge in [0.25, 0.3) is 0 Å². The molecule has 165 valence electrons. The maximum atomic E-state index is 11.5. The SMILES string of the molecule is C[CH-][C@@H]1CC[C@@H](C(=O)O)CC1c1[c-]cc(O[C@@H](C)CCCc2ccccc2)cc1C.[Y]. The van der Waals surface area contributed by atoms with E-state index in [1.165, 1.54) is 5.56 Å². The summed E-state index contributed by atoms with van der Waals surface area (Å²) in [6.45, 7) is 6.30. The molecule has 4 heteroatoms. The van der Waals surface area contributed by atoms with Crippen molar-refractivity contribution in [3.05, 3.63) is 71.6 Å². The van der Waals surface area contributed by atoms with E-state index in [2.05, 4.69) is 63.6 Å².